The van der Waals surface area contributed by atoms with E-state index in [0.29, 0.717) is 11.8 Å². The van der Waals surface area contributed by atoms with Gasteiger partial charge in [0.05, 0.1) is 0 Å². The zero-order chi connectivity index (χ0) is 13.9. The maximum atomic E-state index is 9.59. The molecule has 3 rings (SSSR count). The summed E-state index contributed by atoms with van der Waals surface area (Å²) in [5, 5.41) is 13.0. The molecule has 1 unspecified atom stereocenters. The second kappa shape index (κ2) is 5.55. The van der Waals surface area contributed by atoms with Crippen molar-refractivity contribution >= 4 is 5.69 Å². The molecule has 0 aromatic heterocycles. The van der Waals surface area contributed by atoms with Crippen molar-refractivity contribution in [3.63, 3.8) is 0 Å². The lowest BCUT2D eigenvalue weighted by Crippen LogP contribution is -2.34. The van der Waals surface area contributed by atoms with Gasteiger partial charge in [-0.3, -0.25) is 0 Å². The second-order valence-electron chi connectivity index (χ2n) is 5.28. The molecular formula is C17H20N2O. The molecule has 0 saturated heterocycles. The van der Waals surface area contributed by atoms with Gasteiger partial charge in [0, 0.05) is 24.8 Å². The number of rotatable bonds is 3. The predicted molar refractivity (Wildman–Crippen MR) is 82.0 cm³/mol. The Morgan fingerprint density at radius 3 is 2.85 bits per heavy atom. The molecule has 2 aromatic rings. The molecule has 0 bridgehead atoms. The summed E-state index contributed by atoms with van der Waals surface area (Å²) < 4.78 is 0. The molecule has 3 nitrogen and oxygen atoms in total. The molecule has 0 radical (unpaired) electrons. The van der Waals surface area contributed by atoms with Gasteiger partial charge in [-0.1, -0.05) is 30.3 Å². The average Bonchev–Trinajstić information content (AvgIpc) is 2.48. The van der Waals surface area contributed by atoms with Crippen molar-refractivity contribution in [1.29, 1.82) is 0 Å². The van der Waals surface area contributed by atoms with E-state index < -0.39 is 0 Å². The number of nitrogens with one attached hydrogen (secondary N) is 1. The fraction of sp³-hybridized carbons (Fsp3) is 0.294. The van der Waals surface area contributed by atoms with Crippen molar-refractivity contribution in [1.82, 2.24) is 5.32 Å². The maximum Gasteiger partial charge on any atom is 0.115 e. The van der Waals surface area contributed by atoms with Gasteiger partial charge >= 0.3 is 0 Å². The fourth-order valence-corrected chi connectivity index (χ4v) is 2.97. The summed E-state index contributed by atoms with van der Waals surface area (Å²) in [5.41, 5.74) is 3.80. The highest BCUT2D eigenvalue weighted by molar-refractivity contribution is 5.57. The highest BCUT2D eigenvalue weighted by atomic mass is 16.3. The first-order chi connectivity index (χ1) is 9.78. The van der Waals surface area contributed by atoms with E-state index in [2.05, 4.69) is 40.5 Å². The molecule has 3 heteroatoms. The quantitative estimate of drug-likeness (QED) is 0.898. The van der Waals surface area contributed by atoms with E-state index in [-0.39, 0.29) is 0 Å². The zero-order valence-electron chi connectivity index (χ0n) is 11.7. The lowest BCUT2D eigenvalue weighted by molar-refractivity contribution is 0.474. The lowest BCUT2D eigenvalue weighted by atomic mass is 9.96. The molecule has 1 heterocycles. The van der Waals surface area contributed by atoms with Crippen LogP contribution in [0, 0.1) is 0 Å². The first kappa shape index (κ1) is 13.0. The molecule has 20 heavy (non-hydrogen) atoms. The molecule has 1 atom stereocenters. The Bertz CT molecular complexity index is 597. The van der Waals surface area contributed by atoms with Crippen molar-refractivity contribution in [3.8, 4) is 5.75 Å². The van der Waals surface area contributed by atoms with E-state index in [1.165, 1.54) is 11.3 Å². The molecular weight excluding hydrogens is 248 g/mol. The van der Waals surface area contributed by atoms with E-state index >= 15 is 0 Å². The van der Waals surface area contributed by atoms with Crippen LogP contribution < -0.4 is 10.2 Å². The van der Waals surface area contributed by atoms with Crippen LogP contribution in [0.4, 0.5) is 5.69 Å². The van der Waals surface area contributed by atoms with Crippen molar-refractivity contribution in [2.45, 2.75) is 19.0 Å². The van der Waals surface area contributed by atoms with Crippen LogP contribution in [-0.4, -0.2) is 18.7 Å². The summed E-state index contributed by atoms with van der Waals surface area (Å²) in [4.78, 5) is 2.39. The maximum absolute atomic E-state index is 9.59. The number of nitrogens with zero attached hydrogens (tertiary/aromatic N) is 1. The molecule has 1 aliphatic rings. The van der Waals surface area contributed by atoms with Gasteiger partial charge in [-0.05, 0) is 42.8 Å². The van der Waals surface area contributed by atoms with Crippen molar-refractivity contribution in [2.24, 2.45) is 0 Å². The normalized spacial score (nSPS) is 17.9. The third-order valence-electron chi connectivity index (χ3n) is 3.97. The summed E-state index contributed by atoms with van der Waals surface area (Å²) in [7, 11) is 2.02. The summed E-state index contributed by atoms with van der Waals surface area (Å²) in [6, 6.07) is 16.5. The highest BCUT2D eigenvalue weighted by Crippen LogP contribution is 2.34. The van der Waals surface area contributed by atoms with Crippen LogP contribution >= 0.6 is 0 Å². The van der Waals surface area contributed by atoms with Crippen LogP contribution in [0.2, 0.25) is 0 Å². The number of benzene rings is 2. The molecule has 0 saturated carbocycles. The minimum atomic E-state index is 0.334. The summed E-state index contributed by atoms with van der Waals surface area (Å²) in [6.45, 7) is 1.86. The summed E-state index contributed by atoms with van der Waals surface area (Å²) in [5.74, 6) is 0.334. The van der Waals surface area contributed by atoms with Gasteiger partial charge in [-0.15, -0.1) is 0 Å². The number of fused-ring (bicyclic) bond motifs is 1. The predicted octanol–water partition coefficient (Wildman–Crippen LogP) is 3.06. The van der Waals surface area contributed by atoms with Crippen molar-refractivity contribution < 1.29 is 5.11 Å². The van der Waals surface area contributed by atoms with Gasteiger partial charge in [0.1, 0.15) is 5.75 Å². The number of hydrogen-bond acceptors (Lipinski definition) is 3. The van der Waals surface area contributed by atoms with Gasteiger partial charge in [0.2, 0.25) is 0 Å². The summed E-state index contributed by atoms with van der Waals surface area (Å²) >= 11 is 0. The summed E-state index contributed by atoms with van der Waals surface area (Å²) in [6.07, 6.45) is 1.10. The Labute approximate surface area is 119 Å². The van der Waals surface area contributed by atoms with E-state index in [9.17, 15) is 5.11 Å². The Hall–Kier alpha value is -2.00. The van der Waals surface area contributed by atoms with Gasteiger partial charge in [-0.25, -0.2) is 0 Å². The van der Waals surface area contributed by atoms with E-state index in [0.717, 1.165) is 25.1 Å². The SMILES string of the molecule is CNC1CCN(Cc2cccc(O)c2)c2ccccc21. The lowest BCUT2D eigenvalue weighted by Gasteiger charge is -2.35. The topological polar surface area (TPSA) is 35.5 Å². The molecule has 0 aliphatic carbocycles. The Balaban J connectivity index is 1.88. The van der Waals surface area contributed by atoms with Gasteiger partial charge in [-0.2, -0.15) is 0 Å². The molecule has 1 aliphatic heterocycles. The number of phenols is 1. The zero-order valence-corrected chi connectivity index (χ0v) is 11.7. The van der Waals surface area contributed by atoms with Crippen LogP contribution in [0.3, 0.4) is 0 Å². The first-order valence-corrected chi connectivity index (χ1v) is 7.07. The van der Waals surface area contributed by atoms with Crippen LogP contribution in [0.15, 0.2) is 48.5 Å². The van der Waals surface area contributed by atoms with Crippen molar-refractivity contribution in [3.05, 3.63) is 59.7 Å². The number of hydrogen-bond donors (Lipinski definition) is 2. The monoisotopic (exact) mass is 268 g/mol. The Morgan fingerprint density at radius 2 is 2.05 bits per heavy atom. The van der Waals surface area contributed by atoms with Crippen LogP contribution in [0.25, 0.3) is 0 Å². The largest absolute Gasteiger partial charge is 0.508 e. The van der Waals surface area contributed by atoms with Crippen LogP contribution in [-0.2, 0) is 6.54 Å². The molecule has 2 aromatic carbocycles. The molecule has 0 amide bonds. The minimum Gasteiger partial charge on any atom is -0.508 e. The van der Waals surface area contributed by atoms with Gasteiger partial charge < -0.3 is 15.3 Å². The third-order valence-corrected chi connectivity index (χ3v) is 3.97. The fourth-order valence-electron chi connectivity index (χ4n) is 2.97. The standard InChI is InChI=1S/C17H20N2O/c1-18-16-9-10-19(17-8-3-2-7-15(16)17)12-13-5-4-6-14(20)11-13/h2-8,11,16,18,20H,9-10,12H2,1H3. The van der Waals surface area contributed by atoms with E-state index in [4.69, 9.17) is 0 Å². The number of anilines is 1. The van der Waals surface area contributed by atoms with Gasteiger partial charge in [0.15, 0.2) is 0 Å². The van der Waals surface area contributed by atoms with Crippen molar-refractivity contribution in [2.75, 3.05) is 18.5 Å². The van der Waals surface area contributed by atoms with Crippen LogP contribution in [0.5, 0.6) is 5.75 Å². The molecule has 0 spiro atoms. The smallest absolute Gasteiger partial charge is 0.115 e. The highest BCUT2D eigenvalue weighted by Gasteiger charge is 2.23. The third kappa shape index (κ3) is 2.49. The molecule has 0 fully saturated rings. The number of aromatic hydroxyl groups is 1. The number of para-hydroxylation sites is 1. The average molecular weight is 268 g/mol. The molecule has 104 valence electrons. The molecule has 2 N–H and O–H groups in total. The van der Waals surface area contributed by atoms with Crippen LogP contribution in [0.1, 0.15) is 23.6 Å². The second-order valence-corrected chi connectivity index (χ2v) is 5.28. The number of phenolic OH excluding ortho intramolecular Hbond substituents is 1. The first-order valence-electron chi connectivity index (χ1n) is 7.07. The van der Waals surface area contributed by atoms with E-state index in [1.54, 1.807) is 6.07 Å². The minimum absolute atomic E-state index is 0.334. The Kier molecular flexibility index (Phi) is 3.61. The Morgan fingerprint density at radius 1 is 1.20 bits per heavy atom. The van der Waals surface area contributed by atoms with E-state index in [1.807, 2.05) is 19.2 Å². The van der Waals surface area contributed by atoms with Gasteiger partial charge in [0.25, 0.3) is 0 Å².